The fourth-order valence-corrected chi connectivity index (χ4v) is 5.81. The van der Waals surface area contributed by atoms with Gasteiger partial charge in [-0.25, -0.2) is 12.8 Å². The SMILES string of the molecule is O=C(c1ccc(F)cc1)N1CCN(S(=O)(=O)c2ccc3c(c2)Cc2ccccc2-3)CC1. The average Bonchev–Trinajstić information content (AvgIpc) is 3.17. The molecule has 0 saturated carbocycles. The molecule has 5 nitrogen and oxygen atoms in total. The van der Waals surface area contributed by atoms with E-state index < -0.39 is 15.8 Å². The van der Waals surface area contributed by atoms with Gasteiger partial charge in [-0.05, 0) is 65.1 Å². The van der Waals surface area contributed by atoms with Gasteiger partial charge in [-0.15, -0.1) is 0 Å². The summed E-state index contributed by atoms with van der Waals surface area (Å²) >= 11 is 0. The Morgan fingerprint density at radius 3 is 2.23 bits per heavy atom. The van der Waals surface area contributed by atoms with Gasteiger partial charge in [0.2, 0.25) is 10.0 Å². The van der Waals surface area contributed by atoms with E-state index in [1.807, 2.05) is 18.2 Å². The van der Waals surface area contributed by atoms with Crippen LogP contribution in [0.3, 0.4) is 0 Å². The van der Waals surface area contributed by atoms with E-state index in [1.54, 1.807) is 17.0 Å². The third-order valence-corrected chi connectivity index (χ3v) is 7.91. The van der Waals surface area contributed by atoms with Crippen LogP contribution >= 0.6 is 0 Å². The molecule has 0 unspecified atom stereocenters. The maximum absolute atomic E-state index is 13.2. The highest BCUT2D eigenvalue weighted by atomic mass is 32.2. The van der Waals surface area contributed by atoms with E-state index in [0.29, 0.717) is 18.7 Å². The largest absolute Gasteiger partial charge is 0.336 e. The molecule has 3 aromatic rings. The van der Waals surface area contributed by atoms with Crippen molar-refractivity contribution in [3.05, 3.63) is 89.2 Å². The quantitative estimate of drug-likeness (QED) is 0.494. The summed E-state index contributed by atoms with van der Waals surface area (Å²) in [5, 5.41) is 0. The maximum atomic E-state index is 13.2. The van der Waals surface area contributed by atoms with Crippen LogP contribution in [0.1, 0.15) is 21.5 Å². The molecule has 1 heterocycles. The monoisotopic (exact) mass is 436 g/mol. The van der Waals surface area contributed by atoms with Crippen LogP contribution in [0.25, 0.3) is 11.1 Å². The van der Waals surface area contributed by atoms with Gasteiger partial charge in [-0.2, -0.15) is 4.31 Å². The first kappa shape index (κ1) is 19.9. The minimum Gasteiger partial charge on any atom is -0.336 e. The van der Waals surface area contributed by atoms with E-state index in [4.69, 9.17) is 0 Å². The molecule has 31 heavy (non-hydrogen) atoms. The summed E-state index contributed by atoms with van der Waals surface area (Å²) < 4.78 is 41.0. The van der Waals surface area contributed by atoms with Gasteiger partial charge in [0.1, 0.15) is 5.82 Å². The van der Waals surface area contributed by atoms with Crippen LogP contribution in [0.15, 0.2) is 71.6 Å². The molecule has 0 N–H and O–H groups in total. The highest BCUT2D eigenvalue weighted by Gasteiger charge is 2.31. The van der Waals surface area contributed by atoms with E-state index in [1.165, 1.54) is 34.1 Å². The topological polar surface area (TPSA) is 57.7 Å². The van der Waals surface area contributed by atoms with E-state index >= 15 is 0 Å². The highest BCUT2D eigenvalue weighted by Crippen LogP contribution is 2.37. The number of carbonyl (C=O) groups is 1. The zero-order valence-electron chi connectivity index (χ0n) is 16.8. The summed E-state index contributed by atoms with van der Waals surface area (Å²) in [6.07, 6.45) is 0.731. The van der Waals surface area contributed by atoms with Crippen LogP contribution in [0.5, 0.6) is 0 Å². The molecule has 7 heteroatoms. The normalized spacial score (nSPS) is 16.1. The van der Waals surface area contributed by atoms with Crippen molar-refractivity contribution in [3.63, 3.8) is 0 Å². The molecule has 1 aliphatic carbocycles. The Bertz CT molecular complexity index is 1260. The molecule has 1 amide bonds. The lowest BCUT2D eigenvalue weighted by Gasteiger charge is -2.34. The first-order valence-electron chi connectivity index (χ1n) is 10.2. The third-order valence-electron chi connectivity index (χ3n) is 6.02. The lowest BCUT2D eigenvalue weighted by Crippen LogP contribution is -2.50. The molecule has 1 fully saturated rings. The number of hydrogen-bond acceptors (Lipinski definition) is 3. The fraction of sp³-hybridized carbons (Fsp3) is 0.208. The fourth-order valence-electron chi connectivity index (χ4n) is 4.34. The highest BCUT2D eigenvalue weighted by molar-refractivity contribution is 7.89. The molecule has 0 bridgehead atoms. The number of fused-ring (bicyclic) bond motifs is 3. The summed E-state index contributed by atoms with van der Waals surface area (Å²) in [6, 6.07) is 18.9. The Balaban J connectivity index is 1.31. The summed E-state index contributed by atoms with van der Waals surface area (Å²) in [7, 11) is -3.64. The first-order chi connectivity index (χ1) is 14.9. The van der Waals surface area contributed by atoms with Gasteiger partial charge in [0, 0.05) is 31.7 Å². The molecular formula is C24H21FN2O3S. The zero-order valence-corrected chi connectivity index (χ0v) is 17.6. The maximum Gasteiger partial charge on any atom is 0.253 e. The Hall–Kier alpha value is -3.03. The third kappa shape index (κ3) is 3.54. The van der Waals surface area contributed by atoms with Crippen LogP contribution in [0.4, 0.5) is 4.39 Å². The number of nitrogens with zero attached hydrogens (tertiary/aromatic N) is 2. The second kappa shape index (κ2) is 7.59. The van der Waals surface area contributed by atoms with Crippen molar-refractivity contribution in [2.75, 3.05) is 26.2 Å². The van der Waals surface area contributed by atoms with Crippen LogP contribution in [0.2, 0.25) is 0 Å². The molecule has 3 aromatic carbocycles. The molecular weight excluding hydrogens is 415 g/mol. The predicted octanol–water partition coefficient (Wildman–Crippen LogP) is 3.54. The van der Waals surface area contributed by atoms with Crippen LogP contribution in [-0.2, 0) is 16.4 Å². The van der Waals surface area contributed by atoms with Crippen molar-refractivity contribution in [2.45, 2.75) is 11.3 Å². The molecule has 2 aliphatic rings. The molecule has 1 aliphatic heterocycles. The Morgan fingerprint density at radius 2 is 1.48 bits per heavy atom. The molecule has 0 radical (unpaired) electrons. The molecule has 5 rings (SSSR count). The molecule has 0 aromatic heterocycles. The predicted molar refractivity (Wildman–Crippen MR) is 116 cm³/mol. The minimum absolute atomic E-state index is 0.215. The van der Waals surface area contributed by atoms with Gasteiger partial charge in [-0.3, -0.25) is 4.79 Å². The number of sulfonamides is 1. The number of halogens is 1. The van der Waals surface area contributed by atoms with Gasteiger partial charge in [0.25, 0.3) is 5.91 Å². The first-order valence-corrected chi connectivity index (χ1v) is 11.6. The van der Waals surface area contributed by atoms with Crippen molar-refractivity contribution < 1.29 is 17.6 Å². The second-order valence-corrected chi connectivity index (χ2v) is 9.79. The van der Waals surface area contributed by atoms with Crippen molar-refractivity contribution in [2.24, 2.45) is 0 Å². The summed E-state index contributed by atoms with van der Waals surface area (Å²) in [5.74, 6) is -0.614. The molecule has 158 valence electrons. The van der Waals surface area contributed by atoms with Crippen molar-refractivity contribution in [1.82, 2.24) is 9.21 Å². The van der Waals surface area contributed by atoms with Crippen LogP contribution < -0.4 is 0 Å². The summed E-state index contributed by atoms with van der Waals surface area (Å²) in [6.45, 7) is 1.05. The van der Waals surface area contributed by atoms with E-state index in [9.17, 15) is 17.6 Å². The number of benzene rings is 3. The zero-order chi connectivity index (χ0) is 21.6. The smallest absolute Gasteiger partial charge is 0.253 e. The summed E-state index contributed by atoms with van der Waals surface area (Å²) in [5.41, 5.74) is 4.88. The van der Waals surface area contributed by atoms with E-state index in [2.05, 4.69) is 12.1 Å². The van der Waals surface area contributed by atoms with Crippen molar-refractivity contribution in [3.8, 4) is 11.1 Å². The van der Waals surface area contributed by atoms with E-state index in [-0.39, 0.29) is 23.9 Å². The standard InChI is InChI=1S/C24H21FN2O3S/c25-20-7-5-17(6-8-20)24(28)26-11-13-27(14-12-26)31(29,30)21-9-10-23-19(16-21)15-18-3-1-2-4-22(18)23/h1-10,16H,11-15H2. The van der Waals surface area contributed by atoms with Gasteiger partial charge in [-0.1, -0.05) is 30.3 Å². The molecule has 1 saturated heterocycles. The minimum atomic E-state index is -3.64. The Kier molecular flexibility index (Phi) is 4.87. The van der Waals surface area contributed by atoms with Crippen LogP contribution in [0, 0.1) is 5.82 Å². The number of hydrogen-bond donors (Lipinski definition) is 0. The van der Waals surface area contributed by atoms with Crippen molar-refractivity contribution in [1.29, 1.82) is 0 Å². The van der Waals surface area contributed by atoms with E-state index in [0.717, 1.165) is 23.1 Å². The molecule has 0 spiro atoms. The lowest BCUT2D eigenvalue weighted by atomic mass is 10.1. The average molecular weight is 437 g/mol. The van der Waals surface area contributed by atoms with Gasteiger partial charge in [0.15, 0.2) is 0 Å². The number of carbonyl (C=O) groups excluding carboxylic acids is 1. The summed E-state index contributed by atoms with van der Waals surface area (Å²) in [4.78, 5) is 14.5. The second-order valence-electron chi connectivity index (χ2n) is 7.86. The van der Waals surface area contributed by atoms with Gasteiger partial charge >= 0.3 is 0 Å². The Morgan fingerprint density at radius 1 is 0.806 bits per heavy atom. The number of piperazine rings is 1. The lowest BCUT2D eigenvalue weighted by molar-refractivity contribution is 0.0698. The number of amides is 1. The molecule has 0 atom stereocenters. The number of rotatable bonds is 3. The van der Waals surface area contributed by atoms with Crippen LogP contribution in [-0.4, -0.2) is 49.7 Å². The Labute approximate surface area is 180 Å². The van der Waals surface area contributed by atoms with Gasteiger partial charge in [0.05, 0.1) is 4.90 Å². The van der Waals surface area contributed by atoms with Crippen molar-refractivity contribution >= 4 is 15.9 Å². The van der Waals surface area contributed by atoms with Gasteiger partial charge < -0.3 is 4.90 Å².